The zero-order valence-electron chi connectivity index (χ0n) is 11.1. The van der Waals surface area contributed by atoms with E-state index >= 15 is 0 Å². The molecule has 4 nitrogen and oxygen atoms in total. The van der Waals surface area contributed by atoms with Crippen molar-refractivity contribution in [3.63, 3.8) is 0 Å². The van der Waals surface area contributed by atoms with Gasteiger partial charge in [-0.15, -0.1) is 0 Å². The van der Waals surface area contributed by atoms with Crippen LogP contribution in [0.5, 0.6) is 0 Å². The molecule has 5 heteroatoms. The molecule has 0 aliphatic rings. The first-order chi connectivity index (χ1) is 9.71. The van der Waals surface area contributed by atoms with Crippen LogP contribution >= 0.6 is 12.2 Å². The smallest absolute Gasteiger partial charge is 0.175 e. The number of nitrogens with one attached hydrogen (secondary N) is 2. The molecular weight excluding hydrogens is 268 g/mol. The van der Waals surface area contributed by atoms with E-state index in [4.69, 9.17) is 23.7 Å². The van der Waals surface area contributed by atoms with E-state index in [1.807, 2.05) is 48.5 Å². The SMILES string of the molecule is NCc1ccc(NC(=S)Nc2ccc(CN)cc2)cc1. The normalized spacial score (nSPS) is 10.1. The van der Waals surface area contributed by atoms with Crippen molar-refractivity contribution < 1.29 is 0 Å². The average Bonchev–Trinajstić information content (AvgIpc) is 2.49. The van der Waals surface area contributed by atoms with Crippen molar-refractivity contribution >= 4 is 28.7 Å². The van der Waals surface area contributed by atoms with Crippen molar-refractivity contribution in [1.82, 2.24) is 0 Å². The highest BCUT2D eigenvalue weighted by Gasteiger charge is 1.99. The van der Waals surface area contributed by atoms with E-state index < -0.39 is 0 Å². The second-order valence-electron chi connectivity index (χ2n) is 4.38. The minimum absolute atomic E-state index is 0.538. The Labute approximate surface area is 124 Å². The summed E-state index contributed by atoms with van der Waals surface area (Å²) in [6.07, 6.45) is 0. The molecule has 0 amide bonds. The Morgan fingerprint density at radius 1 is 0.750 bits per heavy atom. The molecule has 2 aromatic rings. The van der Waals surface area contributed by atoms with Gasteiger partial charge < -0.3 is 22.1 Å². The molecule has 0 aromatic heterocycles. The Morgan fingerprint density at radius 2 is 1.10 bits per heavy atom. The quantitative estimate of drug-likeness (QED) is 0.649. The molecule has 20 heavy (non-hydrogen) atoms. The van der Waals surface area contributed by atoms with Crippen LogP contribution in [0.1, 0.15) is 11.1 Å². The van der Waals surface area contributed by atoms with E-state index in [0.717, 1.165) is 22.5 Å². The van der Waals surface area contributed by atoms with Crippen LogP contribution in [-0.4, -0.2) is 5.11 Å². The summed E-state index contributed by atoms with van der Waals surface area (Å²) in [7, 11) is 0. The van der Waals surface area contributed by atoms with Gasteiger partial charge >= 0.3 is 0 Å². The monoisotopic (exact) mass is 286 g/mol. The van der Waals surface area contributed by atoms with Crippen LogP contribution in [0.25, 0.3) is 0 Å². The number of thiocarbonyl (C=S) groups is 1. The van der Waals surface area contributed by atoms with Crippen LogP contribution in [0, 0.1) is 0 Å². The van der Waals surface area contributed by atoms with E-state index in [0.29, 0.717) is 18.2 Å². The molecular formula is C15H18N4S. The molecule has 2 aromatic carbocycles. The average molecular weight is 286 g/mol. The lowest BCUT2D eigenvalue weighted by Gasteiger charge is -2.11. The highest BCUT2D eigenvalue weighted by atomic mass is 32.1. The summed E-state index contributed by atoms with van der Waals surface area (Å²) < 4.78 is 0. The van der Waals surface area contributed by atoms with Crippen LogP contribution in [0.3, 0.4) is 0 Å². The second-order valence-corrected chi connectivity index (χ2v) is 4.79. The van der Waals surface area contributed by atoms with Crippen molar-refractivity contribution in [2.45, 2.75) is 13.1 Å². The van der Waals surface area contributed by atoms with Gasteiger partial charge in [0.1, 0.15) is 0 Å². The predicted molar refractivity (Wildman–Crippen MR) is 88.5 cm³/mol. The first-order valence-corrected chi connectivity index (χ1v) is 6.78. The minimum Gasteiger partial charge on any atom is -0.332 e. The Balaban J connectivity index is 1.93. The highest BCUT2D eigenvalue weighted by molar-refractivity contribution is 7.80. The van der Waals surface area contributed by atoms with Crippen molar-refractivity contribution in [1.29, 1.82) is 0 Å². The van der Waals surface area contributed by atoms with Gasteiger partial charge in [-0.3, -0.25) is 0 Å². The number of anilines is 2. The maximum Gasteiger partial charge on any atom is 0.175 e. The Bertz CT molecular complexity index is 512. The maximum atomic E-state index is 5.56. The van der Waals surface area contributed by atoms with Crippen LogP contribution in [0.15, 0.2) is 48.5 Å². The third-order valence-corrected chi connectivity index (χ3v) is 3.10. The molecule has 104 valence electrons. The number of nitrogens with two attached hydrogens (primary N) is 2. The van der Waals surface area contributed by atoms with Crippen LogP contribution < -0.4 is 22.1 Å². The molecule has 0 fully saturated rings. The lowest BCUT2D eigenvalue weighted by Crippen LogP contribution is -2.19. The van der Waals surface area contributed by atoms with Gasteiger partial charge in [0.25, 0.3) is 0 Å². The van der Waals surface area contributed by atoms with Gasteiger partial charge in [0.2, 0.25) is 0 Å². The summed E-state index contributed by atoms with van der Waals surface area (Å²) in [5.41, 5.74) is 15.2. The fourth-order valence-electron chi connectivity index (χ4n) is 1.74. The summed E-state index contributed by atoms with van der Waals surface area (Å²) >= 11 is 5.27. The molecule has 0 saturated heterocycles. The zero-order chi connectivity index (χ0) is 14.4. The van der Waals surface area contributed by atoms with Gasteiger partial charge in [0.15, 0.2) is 5.11 Å². The van der Waals surface area contributed by atoms with Crippen molar-refractivity contribution in [3.05, 3.63) is 59.7 Å². The summed E-state index contributed by atoms with van der Waals surface area (Å²) in [6, 6.07) is 15.7. The van der Waals surface area contributed by atoms with Gasteiger partial charge in [-0.2, -0.15) is 0 Å². The van der Waals surface area contributed by atoms with Crippen LogP contribution in [0.4, 0.5) is 11.4 Å². The predicted octanol–water partition coefficient (Wildman–Crippen LogP) is 2.41. The summed E-state index contributed by atoms with van der Waals surface area (Å²) in [5, 5.41) is 6.80. The molecule has 0 aliphatic heterocycles. The third kappa shape index (κ3) is 4.03. The van der Waals surface area contributed by atoms with Crippen molar-refractivity contribution in [2.75, 3.05) is 10.6 Å². The first-order valence-electron chi connectivity index (χ1n) is 6.37. The largest absolute Gasteiger partial charge is 0.332 e. The van der Waals surface area contributed by atoms with E-state index in [2.05, 4.69) is 10.6 Å². The van der Waals surface area contributed by atoms with Crippen LogP contribution in [0.2, 0.25) is 0 Å². The van der Waals surface area contributed by atoms with Gasteiger partial charge in [0, 0.05) is 24.5 Å². The fraction of sp³-hybridized carbons (Fsp3) is 0.133. The molecule has 0 saturated carbocycles. The topological polar surface area (TPSA) is 76.1 Å². The van der Waals surface area contributed by atoms with E-state index in [-0.39, 0.29) is 0 Å². The Kier molecular flexibility index (Phi) is 5.06. The van der Waals surface area contributed by atoms with E-state index in [1.54, 1.807) is 0 Å². The molecule has 0 spiro atoms. The number of hydrogen-bond acceptors (Lipinski definition) is 3. The lowest BCUT2D eigenvalue weighted by atomic mass is 10.2. The summed E-state index contributed by atoms with van der Waals surface area (Å²) in [5.74, 6) is 0. The number of rotatable bonds is 4. The molecule has 0 aliphatic carbocycles. The lowest BCUT2D eigenvalue weighted by molar-refractivity contribution is 1.07. The van der Waals surface area contributed by atoms with Crippen molar-refractivity contribution in [3.8, 4) is 0 Å². The fourth-order valence-corrected chi connectivity index (χ4v) is 1.98. The minimum atomic E-state index is 0.538. The van der Waals surface area contributed by atoms with E-state index in [9.17, 15) is 0 Å². The molecule has 0 atom stereocenters. The zero-order valence-corrected chi connectivity index (χ0v) is 11.9. The molecule has 0 radical (unpaired) electrons. The van der Waals surface area contributed by atoms with E-state index in [1.165, 1.54) is 0 Å². The number of benzene rings is 2. The number of hydrogen-bond donors (Lipinski definition) is 4. The van der Waals surface area contributed by atoms with Gasteiger partial charge in [-0.25, -0.2) is 0 Å². The summed E-state index contributed by atoms with van der Waals surface area (Å²) in [4.78, 5) is 0. The highest BCUT2D eigenvalue weighted by Crippen LogP contribution is 2.12. The second kappa shape index (κ2) is 7.00. The standard InChI is InChI=1S/C15H18N4S/c16-9-11-1-5-13(6-2-11)18-15(20)19-14-7-3-12(10-17)4-8-14/h1-8H,9-10,16-17H2,(H2,18,19,20). The molecule has 6 N–H and O–H groups in total. The maximum absolute atomic E-state index is 5.56. The van der Waals surface area contributed by atoms with Crippen LogP contribution in [-0.2, 0) is 13.1 Å². The van der Waals surface area contributed by atoms with Gasteiger partial charge in [0.05, 0.1) is 0 Å². The Morgan fingerprint density at radius 3 is 1.40 bits per heavy atom. The summed E-state index contributed by atoms with van der Waals surface area (Å²) in [6.45, 7) is 1.08. The van der Waals surface area contributed by atoms with Gasteiger partial charge in [-0.1, -0.05) is 24.3 Å². The molecule has 0 bridgehead atoms. The van der Waals surface area contributed by atoms with Crippen molar-refractivity contribution in [2.24, 2.45) is 11.5 Å². The molecule has 0 heterocycles. The Hall–Kier alpha value is -1.95. The third-order valence-electron chi connectivity index (χ3n) is 2.90. The van der Waals surface area contributed by atoms with Gasteiger partial charge in [-0.05, 0) is 47.6 Å². The molecule has 2 rings (SSSR count). The first kappa shape index (κ1) is 14.5. The molecule has 0 unspecified atom stereocenters.